The standard InChI is InChI=1S/C13H14N2OS/c1-11-9-17-10-15(11)8-13(16)14-7-12-5-3-2-4-6-12/h2-6,9-10H,7-8H2,1H3/p+1. The Bertz CT molecular complexity index is 493. The van der Waals surface area contributed by atoms with Crippen molar-refractivity contribution in [2.45, 2.75) is 20.0 Å². The molecule has 17 heavy (non-hydrogen) atoms. The number of nitrogens with one attached hydrogen (secondary N) is 1. The van der Waals surface area contributed by atoms with E-state index in [0.717, 1.165) is 11.3 Å². The fourth-order valence-corrected chi connectivity index (χ4v) is 2.30. The number of nitrogens with zero attached hydrogens (tertiary/aromatic N) is 1. The normalized spacial score (nSPS) is 10.2. The summed E-state index contributed by atoms with van der Waals surface area (Å²) in [6.45, 7) is 2.98. The summed E-state index contributed by atoms with van der Waals surface area (Å²) in [5.41, 5.74) is 4.19. The number of amides is 1. The Kier molecular flexibility index (Phi) is 3.88. The second-order valence-corrected chi connectivity index (χ2v) is 4.61. The third kappa shape index (κ3) is 3.39. The van der Waals surface area contributed by atoms with Gasteiger partial charge in [0.15, 0.2) is 5.69 Å². The van der Waals surface area contributed by atoms with Crippen molar-refractivity contribution >= 4 is 17.2 Å². The predicted molar refractivity (Wildman–Crippen MR) is 67.5 cm³/mol. The van der Waals surface area contributed by atoms with Crippen molar-refractivity contribution in [3.8, 4) is 0 Å². The van der Waals surface area contributed by atoms with E-state index in [0.29, 0.717) is 13.1 Å². The molecule has 0 unspecified atom stereocenters. The molecule has 0 saturated heterocycles. The molecule has 1 aromatic heterocycles. The number of hydrogen-bond donors (Lipinski definition) is 1. The van der Waals surface area contributed by atoms with Crippen LogP contribution in [-0.4, -0.2) is 5.91 Å². The smallest absolute Gasteiger partial charge is 0.286 e. The molecule has 4 heteroatoms. The van der Waals surface area contributed by atoms with Gasteiger partial charge in [0.05, 0.1) is 5.38 Å². The van der Waals surface area contributed by atoms with Crippen molar-refractivity contribution < 1.29 is 9.36 Å². The van der Waals surface area contributed by atoms with Crippen LogP contribution in [-0.2, 0) is 17.9 Å². The minimum absolute atomic E-state index is 0.0420. The maximum atomic E-state index is 11.7. The highest BCUT2D eigenvalue weighted by Crippen LogP contribution is 1.98. The molecule has 2 aromatic rings. The molecule has 0 atom stereocenters. The first-order chi connectivity index (χ1) is 8.25. The lowest BCUT2D eigenvalue weighted by Crippen LogP contribution is -2.42. The minimum Gasteiger partial charge on any atom is -0.347 e. The zero-order chi connectivity index (χ0) is 12.1. The minimum atomic E-state index is 0.0420. The van der Waals surface area contributed by atoms with Crippen LogP contribution in [0.2, 0.25) is 0 Å². The first-order valence-corrected chi connectivity index (χ1v) is 6.43. The van der Waals surface area contributed by atoms with Crippen LogP contribution in [0.25, 0.3) is 0 Å². The van der Waals surface area contributed by atoms with E-state index in [9.17, 15) is 4.79 Å². The van der Waals surface area contributed by atoms with E-state index in [1.807, 2.05) is 52.7 Å². The number of hydrogen-bond acceptors (Lipinski definition) is 2. The van der Waals surface area contributed by atoms with Gasteiger partial charge in [-0.3, -0.25) is 4.79 Å². The van der Waals surface area contributed by atoms with Crippen molar-refractivity contribution in [3.63, 3.8) is 0 Å². The Morgan fingerprint density at radius 3 is 2.76 bits per heavy atom. The van der Waals surface area contributed by atoms with Crippen LogP contribution in [0.5, 0.6) is 0 Å². The number of benzene rings is 1. The van der Waals surface area contributed by atoms with E-state index in [1.54, 1.807) is 11.3 Å². The summed E-state index contributed by atoms with van der Waals surface area (Å²) < 4.78 is 1.95. The third-order valence-electron chi connectivity index (χ3n) is 2.53. The van der Waals surface area contributed by atoms with Crippen molar-refractivity contribution in [1.29, 1.82) is 0 Å². The molecular formula is C13H15N2OS+. The maximum absolute atomic E-state index is 11.7. The first kappa shape index (κ1) is 11.8. The van der Waals surface area contributed by atoms with Crippen molar-refractivity contribution in [2.24, 2.45) is 0 Å². The SMILES string of the molecule is Cc1csc[n+]1CC(=O)NCc1ccccc1. The monoisotopic (exact) mass is 247 g/mol. The van der Waals surface area contributed by atoms with Gasteiger partial charge in [0.1, 0.15) is 0 Å². The lowest BCUT2D eigenvalue weighted by atomic mass is 10.2. The largest absolute Gasteiger partial charge is 0.347 e. The van der Waals surface area contributed by atoms with E-state index >= 15 is 0 Å². The third-order valence-corrected chi connectivity index (χ3v) is 3.38. The topological polar surface area (TPSA) is 33.0 Å². The molecular weight excluding hydrogens is 232 g/mol. The Morgan fingerprint density at radius 1 is 1.35 bits per heavy atom. The average molecular weight is 247 g/mol. The molecule has 3 nitrogen and oxygen atoms in total. The molecule has 1 heterocycles. The van der Waals surface area contributed by atoms with Crippen LogP contribution in [0, 0.1) is 6.92 Å². The van der Waals surface area contributed by atoms with E-state index in [4.69, 9.17) is 0 Å². The molecule has 88 valence electrons. The van der Waals surface area contributed by atoms with Crippen LogP contribution in [0.4, 0.5) is 0 Å². The van der Waals surface area contributed by atoms with Crippen LogP contribution >= 0.6 is 11.3 Å². The summed E-state index contributed by atoms with van der Waals surface area (Å²) in [5, 5.41) is 4.94. The van der Waals surface area contributed by atoms with Gasteiger partial charge >= 0.3 is 0 Å². The molecule has 0 aliphatic carbocycles. The van der Waals surface area contributed by atoms with Gasteiger partial charge in [0.25, 0.3) is 5.91 Å². The Hall–Kier alpha value is -1.68. The quantitative estimate of drug-likeness (QED) is 0.819. The molecule has 0 spiro atoms. The molecule has 0 radical (unpaired) electrons. The van der Waals surface area contributed by atoms with E-state index in [-0.39, 0.29) is 5.91 Å². The van der Waals surface area contributed by atoms with Gasteiger partial charge in [-0.1, -0.05) is 41.7 Å². The lowest BCUT2D eigenvalue weighted by Gasteiger charge is -2.02. The summed E-state index contributed by atoms with van der Waals surface area (Å²) in [7, 11) is 0. The van der Waals surface area contributed by atoms with Crippen LogP contribution in [0.3, 0.4) is 0 Å². The number of carbonyl (C=O) groups excluding carboxylic acids is 1. The van der Waals surface area contributed by atoms with Gasteiger partial charge in [0, 0.05) is 13.5 Å². The summed E-state index contributed by atoms with van der Waals surface area (Å²) in [6.07, 6.45) is 0. The van der Waals surface area contributed by atoms with E-state index in [1.165, 1.54) is 0 Å². The van der Waals surface area contributed by atoms with Crippen LogP contribution in [0.15, 0.2) is 41.2 Å². The Balaban J connectivity index is 1.85. The summed E-state index contributed by atoms with van der Waals surface area (Å²) >= 11 is 1.61. The molecule has 0 aliphatic rings. The second-order valence-electron chi connectivity index (χ2n) is 3.89. The van der Waals surface area contributed by atoms with Crippen molar-refractivity contribution in [2.75, 3.05) is 0 Å². The van der Waals surface area contributed by atoms with Gasteiger partial charge < -0.3 is 5.32 Å². The molecule has 0 fully saturated rings. The molecule has 1 aromatic carbocycles. The molecule has 1 N–H and O–H groups in total. The Morgan fingerprint density at radius 2 is 2.12 bits per heavy atom. The fourth-order valence-electron chi connectivity index (χ4n) is 1.52. The molecule has 0 saturated carbocycles. The highest BCUT2D eigenvalue weighted by Gasteiger charge is 2.12. The number of thiazole rings is 1. The Labute approximate surface area is 105 Å². The van der Waals surface area contributed by atoms with Gasteiger partial charge in [-0.25, -0.2) is 0 Å². The van der Waals surface area contributed by atoms with Gasteiger partial charge in [-0.15, -0.1) is 0 Å². The average Bonchev–Trinajstić information content (AvgIpc) is 2.74. The molecule has 1 amide bonds. The highest BCUT2D eigenvalue weighted by atomic mass is 32.1. The zero-order valence-electron chi connectivity index (χ0n) is 9.72. The van der Waals surface area contributed by atoms with Gasteiger partial charge in [0.2, 0.25) is 12.1 Å². The lowest BCUT2D eigenvalue weighted by molar-refractivity contribution is -0.685. The molecule has 0 bridgehead atoms. The van der Waals surface area contributed by atoms with Crippen molar-refractivity contribution in [1.82, 2.24) is 5.32 Å². The summed E-state index contributed by atoms with van der Waals surface area (Å²) in [6, 6.07) is 9.92. The second kappa shape index (κ2) is 5.59. The van der Waals surface area contributed by atoms with E-state index in [2.05, 4.69) is 5.32 Å². The zero-order valence-corrected chi connectivity index (χ0v) is 10.5. The first-order valence-electron chi connectivity index (χ1n) is 5.48. The number of rotatable bonds is 4. The van der Waals surface area contributed by atoms with Crippen LogP contribution in [0.1, 0.15) is 11.3 Å². The molecule has 2 rings (SSSR count). The van der Waals surface area contributed by atoms with E-state index < -0.39 is 0 Å². The predicted octanol–water partition coefficient (Wildman–Crippen LogP) is 1.66. The van der Waals surface area contributed by atoms with Crippen LogP contribution < -0.4 is 9.88 Å². The fraction of sp³-hybridized carbons (Fsp3) is 0.231. The number of aromatic nitrogens is 1. The van der Waals surface area contributed by atoms with Crippen molar-refractivity contribution in [3.05, 3.63) is 52.5 Å². The maximum Gasteiger partial charge on any atom is 0.286 e. The summed E-state index contributed by atoms with van der Waals surface area (Å²) in [4.78, 5) is 11.7. The van der Waals surface area contributed by atoms with Gasteiger partial charge in [-0.2, -0.15) is 4.57 Å². The number of carbonyl (C=O) groups is 1. The summed E-state index contributed by atoms with van der Waals surface area (Å²) in [5.74, 6) is 0.0420. The number of aryl methyl sites for hydroxylation is 1. The molecule has 0 aliphatic heterocycles. The highest BCUT2D eigenvalue weighted by molar-refractivity contribution is 7.07. The van der Waals surface area contributed by atoms with Gasteiger partial charge in [-0.05, 0) is 5.56 Å².